The number of hydrogen-bond acceptors (Lipinski definition) is 2. The first-order chi connectivity index (χ1) is 9.19. The molecule has 0 aliphatic rings. The van der Waals surface area contributed by atoms with E-state index >= 15 is 0 Å². The molecule has 0 spiro atoms. The summed E-state index contributed by atoms with van der Waals surface area (Å²) in [7, 11) is 0. The van der Waals surface area contributed by atoms with E-state index in [0.717, 1.165) is 16.7 Å². The largest absolute Gasteiger partial charge is 0.507 e. The van der Waals surface area contributed by atoms with Gasteiger partial charge in [0.25, 0.3) is 0 Å². The normalized spacial score (nSPS) is 13.4. The van der Waals surface area contributed by atoms with Gasteiger partial charge in [-0.25, -0.2) is 0 Å². The molecule has 2 nitrogen and oxygen atoms in total. The van der Waals surface area contributed by atoms with Crippen LogP contribution < -0.4 is 0 Å². The van der Waals surface area contributed by atoms with E-state index in [1.54, 1.807) is 6.92 Å². The Hall–Kier alpha value is -1.31. The lowest BCUT2D eigenvalue weighted by Gasteiger charge is -2.31. The van der Waals surface area contributed by atoms with Gasteiger partial charge in [0.05, 0.1) is 0 Å². The molecule has 1 aromatic carbocycles. The molecular weight excluding hydrogens is 260 g/mol. The molecule has 2 heteroatoms. The van der Waals surface area contributed by atoms with Gasteiger partial charge >= 0.3 is 0 Å². The van der Waals surface area contributed by atoms with Crippen LogP contribution >= 0.6 is 0 Å². The summed E-state index contributed by atoms with van der Waals surface area (Å²) >= 11 is 0. The van der Waals surface area contributed by atoms with Gasteiger partial charge in [0.2, 0.25) is 0 Å². The van der Waals surface area contributed by atoms with Crippen LogP contribution in [0.5, 0.6) is 5.75 Å². The van der Waals surface area contributed by atoms with E-state index in [9.17, 15) is 9.90 Å². The standard InChI is InChI=1S/C19H30O2/c1-12(20)19(8,9)13-10-14(17(2,3)4)16(21)15(11-13)18(5,6)7/h10-11,21H,1-9H3. The van der Waals surface area contributed by atoms with Crippen LogP contribution in [-0.2, 0) is 21.0 Å². The summed E-state index contributed by atoms with van der Waals surface area (Å²) in [5.41, 5.74) is 1.88. The van der Waals surface area contributed by atoms with Crippen LogP contribution in [0.4, 0.5) is 0 Å². The van der Waals surface area contributed by atoms with E-state index in [0.29, 0.717) is 5.75 Å². The molecule has 0 unspecified atom stereocenters. The maximum Gasteiger partial charge on any atom is 0.139 e. The fourth-order valence-electron chi connectivity index (χ4n) is 2.34. The predicted octanol–water partition coefficient (Wildman–Crippen LogP) is 4.85. The minimum Gasteiger partial charge on any atom is -0.507 e. The summed E-state index contributed by atoms with van der Waals surface area (Å²) in [5.74, 6) is 0.492. The Labute approximate surface area is 129 Å². The molecule has 1 aromatic rings. The average Bonchev–Trinajstić information content (AvgIpc) is 2.25. The van der Waals surface area contributed by atoms with E-state index < -0.39 is 5.41 Å². The second kappa shape index (κ2) is 5.15. The van der Waals surface area contributed by atoms with Crippen molar-refractivity contribution in [2.45, 2.75) is 78.6 Å². The van der Waals surface area contributed by atoms with Gasteiger partial charge in [-0.2, -0.15) is 0 Å². The van der Waals surface area contributed by atoms with E-state index in [1.807, 2.05) is 26.0 Å². The predicted molar refractivity (Wildman–Crippen MR) is 89.2 cm³/mol. The second-order valence-corrected chi connectivity index (χ2v) is 8.60. The molecule has 0 aromatic heterocycles. The summed E-state index contributed by atoms with van der Waals surface area (Å²) < 4.78 is 0. The van der Waals surface area contributed by atoms with Crippen LogP contribution in [0.1, 0.15) is 79.0 Å². The highest BCUT2D eigenvalue weighted by Crippen LogP contribution is 2.42. The number of benzene rings is 1. The number of carbonyl (C=O) groups excluding carboxylic acids is 1. The van der Waals surface area contributed by atoms with Gasteiger partial charge in [0, 0.05) is 5.41 Å². The van der Waals surface area contributed by atoms with E-state index in [2.05, 4.69) is 41.5 Å². The Bertz CT molecular complexity index is 517. The van der Waals surface area contributed by atoms with Crippen molar-refractivity contribution in [2.24, 2.45) is 0 Å². The molecule has 0 fully saturated rings. The molecule has 0 aliphatic carbocycles. The first kappa shape index (κ1) is 17.7. The second-order valence-electron chi connectivity index (χ2n) is 8.60. The van der Waals surface area contributed by atoms with Crippen molar-refractivity contribution >= 4 is 5.78 Å². The number of hydrogen-bond donors (Lipinski definition) is 1. The number of carbonyl (C=O) groups is 1. The molecule has 1 N–H and O–H groups in total. The minimum atomic E-state index is -0.548. The zero-order valence-electron chi connectivity index (χ0n) is 15.0. The summed E-state index contributed by atoms with van der Waals surface area (Å²) in [6.45, 7) is 18.0. The third-order valence-electron chi connectivity index (χ3n) is 4.33. The van der Waals surface area contributed by atoms with Crippen molar-refractivity contribution in [3.8, 4) is 5.75 Å². The fourth-order valence-corrected chi connectivity index (χ4v) is 2.34. The lowest BCUT2D eigenvalue weighted by atomic mass is 9.73. The molecule has 0 saturated heterocycles. The van der Waals surface area contributed by atoms with Crippen LogP contribution in [0.25, 0.3) is 0 Å². The van der Waals surface area contributed by atoms with Gasteiger partial charge in [-0.15, -0.1) is 0 Å². The van der Waals surface area contributed by atoms with Crippen LogP contribution in [0.3, 0.4) is 0 Å². The minimum absolute atomic E-state index is 0.132. The van der Waals surface area contributed by atoms with Crippen molar-refractivity contribution in [1.29, 1.82) is 0 Å². The van der Waals surface area contributed by atoms with Gasteiger partial charge < -0.3 is 5.11 Å². The molecule has 0 amide bonds. The number of aromatic hydroxyl groups is 1. The van der Waals surface area contributed by atoms with Crippen LogP contribution in [0.15, 0.2) is 12.1 Å². The monoisotopic (exact) mass is 290 g/mol. The highest BCUT2D eigenvalue weighted by Gasteiger charge is 2.32. The maximum absolute atomic E-state index is 12.0. The van der Waals surface area contributed by atoms with Crippen molar-refractivity contribution in [1.82, 2.24) is 0 Å². The number of phenolic OH excluding ortho intramolecular Hbond substituents is 1. The summed E-state index contributed by atoms with van der Waals surface area (Å²) in [5, 5.41) is 10.7. The molecule has 21 heavy (non-hydrogen) atoms. The Morgan fingerprint density at radius 3 is 1.43 bits per heavy atom. The lowest BCUT2D eigenvalue weighted by Crippen LogP contribution is -2.28. The topological polar surface area (TPSA) is 37.3 Å². The number of phenols is 1. The summed E-state index contributed by atoms with van der Waals surface area (Å²) in [4.78, 5) is 12.0. The summed E-state index contributed by atoms with van der Waals surface area (Å²) in [6, 6.07) is 3.98. The lowest BCUT2D eigenvalue weighted by molar-refractivity contribution is -0.121. The van der Waals surface area contributed by atoms with E-state index in [4.69, 9.17) is 0 Å². The molecule has 0 aliphatic heterocycles. The quantitative estimate of drug-likeness (QED) is 0.845. The molecular formula is C19H30O2. The third-order valence-corrected chi connectivity index (χ3v) is 4.33. The Morgan fingerprint density at radius 1 is 0.857 bits per heavy atom. The smallest absolute Gasteiger partial charge is 0.139 e. The van der Waals surface area contributed by atoms with Crippen molar-refractivity contribution in [3.63, 3.8) is 0 Å². The summed E-state index contributed by atoms with van der Waals surface area (Å²) in [6.07, 6.45) is 0. The maximum atomic E-state index is 12.0. The Morgan fingerprint density at radius 2 is 1.19 bits per heavy atom. The first-order valence-corrected chi connectivity index (χ1v) is 7.58. The fraction of sp³-hybridized carbons (Fsp3) is 0.632. The number of rotatable bonds is 2. The molecule has 0 atom stereocenters. The van der Waals surface area contributed by atoms with E-state index in [1.165, 1.54) is 0 Å². The molecule has 118 valence electrons. The van der Waals surface area contributed by atoms with Crippen molar-refractivity contribution in [3.05, 3.63) is 28.8 Å². The molecule has 0 radical (unpaired) electrons. The number of ketones is 1. The first-order valence-electron chi connectivity index (χ1n) is 7.58. The van der Waals surface area contributed by atoms with Crippen molar-refractivity contribution < 1.29 is 9.90 Å². The van der Waals surface area contributed by atoms with Crippen molar-refractivity contribution in [2.75, 3.05) is 0 Å². The number of Topliss-reactive ketones (excluding diaryl/α,β-unsaturated/α-hetero) is 1. The zero-order chi connectivity index (χ0) is 16.8. The molecule has 0 heterocycles. The highest BCUT2D eigenvalue weighted by atomic mass is 16.3. The third kappa shape index (κ3) is 3.48. The molecule has 0 bridgehead atoms. The van der Waals surface area contributed by atoms with Gasteiger partial charge in [-0.3, -0.25) is 4.79 Å². The van der Waals surface area contributed by atoms with Gasteiger partial charge in [-0.05, 0) is 48.3 Å². The Kier molecular flexibility index (Phi) is 4.35. The van der Waals surface area contributed by atoms with Crippen LogP contribution in [0, 0.1) is 0 Å². The van der Waals surface area contributed by atoms with Gasteiger partial charge in [0.1, 0.15) is 11.5 Å². The zero-order valence-corrected chi connectivity index (χ0v) is 15.0. The van der Waals surface area contributed by atoms with Gasteiger partial charge in [0.15, 0.2) is 0 Å². The van der Waals surface area contributed by atoms with E-state index in [-0.39, 0.29) is 16.6 Å². The average molecular weight is 290 g/mol. The van der Waals surface area contributed by atoms with Gasteiger partial charge in [-0.1, -0.05) is 53.7 Å². The highest BCUT2D eigenvalue weighted by molar-refractivity contribution is 5.87. The Balaban J connectivity index is 3.75. The van der Waals surface area contributed by atoms with Crippen LogP contribution in [-0.4, -0.2) is 10.9 Å². The molecule has 1 rings (SSSR count). The van der Waals surface area contributed by atoms with Crippen LogP contribution in [0.2, 0.25) is 0 Å². The SMILES string of the molecule is CC(=O)C(C)(C)c1cc(C(C)(C)C)c(O)c(C(C)(C)C)c1. The molecule has 0 saturated carbocycles.